The lowest BCUT2D eigenvalue weighted by Crippen LogP contribution is -2.27. The molecule has 0 saturated heterocycles. The second kappa shape index (κ2) is 10.5. The molecular weight excluding hydrogens is 352 g/mol. The maximum absolute atomic E-state index is 12.0. The minimum atomic E-state index is -1.12. The van der Waals surface area contributed by atoms with Crippen LogP contribution < -0.4 is 0 Å². The SMILES string of the molecule is CC(C)(CC[S+]([O-])CC[S+]([O-])CCC(C)(C)CC(=O)O)CC(=O)O. The van der Waals surface area contributed by atoms with E-state index in [4.69, 9.17) is 10.2 Å². The summed E-state index contributed by atoms with van der Waals surface area (Å²) in [4.78, 5) is 21.5. The monoisotopic (exact) mass is 382 g/mol. The van der Waals surface area contributed by atoms with Gasteiger partial charge >= 0.3 is 11.9 Å². The van der Waals surface area contributed by atoms with Gasteiger partial charge in [0.15, 0.2) is 0 Å². The first-order valence-electron chi connectivity index (χ1n) is 7.96. The molecule has 2 atom stereocenters. The summed E-state index contributed by atoms with van der Waals surface area (Å²) in [6, 6.07) is 0. The molecule has 0 aliphatic carbocycles. The maximum Gasteiger partial charge on any atom is 0.303 e. The van der Waals surface area contributed by atoms with Crippen molar-refractivity contribution in [2.24, 2.45) is 10.8 Å². The van der Waals surface area contributed by atoms with Crippen molar-refractivity contribution in [3.63, 3.8) is 0 Å². The Morgan fingerprint density at radius 1 is 0.750 bits per heavy atom. The lowest BCUT2D eigenvalue weighted by atomic mass is 9.87. The highest BCUT2D eigenvalue weighted by Gasteiger charge is 2.26. The summed E-state index contributed by atoms with van der Waals surface area (Å²) >= 11 is -2.23. The van der Waals surface area contributed by atoms with Crippen LogP contribution in [0.25, 0.3) is 0 Å². The van der Waals surface area contributed by atoms with E-state index < -0.39 is 45.1 Å². The zero-order chi connectivity index (χ0) is 19.0. The quantitative estimate of drug-likeness (QED) is 0.471. The second-order valence-corrected chi connectivity index (χ2v) is 11.1. The van der Waals surface area contributed by atoms with Gasteiger partial charge in [0.25, 0.3) is 0 Å². The van der Waals surface area contributed by atoms with Gasteiger partial charge in [-0.15, -0.1) is 0 Å². The van der Waals surface area contributed by atoms with Crippen molar-refractivity contribution in [3.05, 3.63) is 0 Å². The van der Waals surface area contributed by atoms with Crippen LogP contribution in [-0.4, -0.2) is 54.3 Å². The average molecular weight is 383 g/mol. The zero-order valence-corrected chi connectivity index (χ0v) is 16.6. The highest BCUT2D eigenvalue weighted by molar-refractivity contribution is 7.95. The maximum atomic E-state index is 12.0. The van der Waals surface area contributed by atoms with Crippen LogP contribution in [0.2, 0.25) is 0 Å². The Labute approximate surface area is 150 Å². The van der Waals surface area contributed by atoms with Crippen LogP contribution in [0.1, 0.15) is 53.4 Å². The number of hydrogen-bond acceptors (Lipinski definition) is 4. The Kier molecular flexibility index (Phi) is 10.3. The standard InChI is InChI=1S/C16H30O6S2/c1-15(2,11-13(17)18)5-7-23(21)9-10-24(22)8-6-16(3,4)12-14(19)20/h5-12H2,1-4H3,(H,17,18)(H,19,20). The molecule has 0 aliphatic heterocycles. The molecule has 8 heteroatoms. The lowest BCUT2D eigenvalue weighted by Gasteiger charge is -2.24. The fraction of sp³-hybridized carbons (Fsp3) is 0.875. The van der Waals surface area contributed by atoms with Gasteiger partial charge in [0.05, 0.1) is 12.8 Å². The van der Waals surface area contributed by atoms with E-state index in [1.165, 1.54) is 0 Å². The van der Waals surface area contributed by atoms with Gasteiger partial charge in [-0.3, -0.25) is 9.59 Å². The number of rotatable bonds is 13. The average Bonchev–Trinajstić information content (AvgIpc) is 2.38. The van der Waals surface area contributed by atoms with E-state index in [1.54, 1.807) is 0 Å². The first kappa shape index (κ1) is 23.6. The number of carboxylic acid groups (broad SMARTS) is 2. The van der Waals surface area contributed by atoms with Gasteiger partial charge in [-0.2, -0.15) is 0 Å². The molecule has 0 aromatic heterocycles. The molecule has 0 saturated carbocycles. The Bertz CT molecular complexity index is 373. The third-order valence-electron chi connectivity index (χ3n) is 3.81. The smallest absolute Gasteiger partial charge is 0.303 e. The molecule has 0 bridgehead atoms. The molecule has 0 heterocycles. The van der Waals surface area contributed by atoms with E-state index in [0.717, 1.165) is 0 Å². The van der Waals surface area contributed by atoms with Crippen LogP contribution in [0.15, 0.2) is 0 Å². The fourth-order valence-electron chi connectivity index (χ4n) is 2.17. The van der Waals surface area contributed by atoms with Gasteiger partial charge < -0.3 is 19.3 Å². The topological polar surface area (TPSA) is 121 Å². The van der Waals surface area contributed by atoms with Crippen LogP contribution >= 0.6 is 0 Å². The van der Waals surface area contributed by atoms with E-state index in [1.807, 2.05) is 27.7 Å². The van der Waals surface area contributed by atoms with Crippen LogP contribution in [-0.2, 0) is 31.9 Å². The van der Waals surface area contributed by atoms with Gasteiger partial charge in [0.1, 0.15) is 23.0 Å². The van der Waals surface area contributed by atoms with Crippen LogP contribution in [0.4, 0.5) is 0 Å². The predicted molar refractivity (Wildman–Crippen MR) is 97.1 cm³/mol. The van der Waals surface area contributed by atoms with E-state index in [0.29, 0.717) is 35.9 Å². The van der Waals surface area contributed by atoms with Crippen molar-refractivity contribution < 1.29 is 28.9 Å². The third kappa shape index (κ3) is 12.9. The summed E-state index contributed by atoms with van der Waals surface area (Å²) in [5, 5.41) is 17.6. The summed E-state index contributed by atoms with van der Waals surface area (Å²) in [5.41, 5.74) is -0.803. The van der Waals surface area contributed by atoms with E-state index in [-0.39, 0.29) is 12.8 Å². The lowest BCUT2D eigenvalue weighted by molar-refractivity contribution is -0.140. The number of carbonyl (C=O) groups is 2. The molecule has 0 aliphatic rings. The molecule has 24 heavy (non-hydrogen) atoms. The van der Waals surface area contributed by atoms with E-state index in [9.17, 15) is 18.7 Å². The number of hydrogen-bond donors (Lipinski definition) is 2. The first-order valence-corrected chi connectivity index (χ1v) is 10.9. The summed E-state index contributed by atoms with van der Waals surface area (Å²) in [6.45, 7) is 7.34. The van der Waals surface area contributed by atoms with Crippen LogP contribution in [0.5, 0.6) is 0 Å². The molecule has 2 unspecified atom stereocenters. The predicted octanol–water partition coefficient (Wildman–Crippen LogP) is 2.27. The molecule has 0 spiro atoms. The molecule has 142 valence electrons. The minimum absolute atomic E-state index is 0.0365. The number of carboxylic acids is 2. The molecule has 0 radical (unpaired) electrons. The Hall–Kier alpha value is -0.440. The summed E-state index contributed by atoms with van der Waals surface area (Å²) < 4.78 is 24.0. The third-order valence-corrected chi connectivity index (χ3v) is 6.71. The normalized spacial score (nSPS) is 15.1. The summed E-state index contributed by atoms with van der Waals surface area (Å²) in [5.74, 6) is -0.263. The molecule has 6 nitrogen and oxygen atoms in total. The highest BCUT2D eigenvalue weighted by atomic mass is 32.2. The van der Waals surface area contributed by atoms with Crippen LogP contribution in [0, 0.1) is 10.8 Å². The molecule has 0 amide bonds. The molecule has 0 aromatic rings. The van der Waals surface area contributed by atoms with Crippen molar-refractivity contribution in [2.45, 2.75) is 53.4 Å². The largest absolute Gasteiger partial charge is 0.616 e. The van der Waals surface area contributed by atoms with Gasteiger partial charge in [-0.1, -0.05) is 27.7 Å². The Morgan fingerprint density at radius 2 is 1.04 bits per heavy atom. The van der Waals surface area contributed by atoms with Crippen LogP contribution in [0.3, 0.4) is 0 Å². The minimum Gasteiger partial charge on any atom is -0.616 e. The van der Waals surface area contributed by atoms with E-state index >= 15 is 0 Å². The first-order chi connectivity index (χ1) is 10.8. The van der Waals surface area contributed by atoms with Crippen molar-refractivity contribution in [1.82, 2.24) is 0 Å². The van der Waals surface area contributed by atoms with Gasteiger partial charge in [0.2, 0.25) is 0 Å². The van der Waals surface area contributed by atoms with Crippen molar-refractivity contribution in [3.8, 4) is 0 Å². The molecule has 0 rings (SSSR count). The summed E-state index contributed by atoms with van der Waals surface area (Å²) in [7, 11) is 0. The number of aliphatic carboxylic acids is 2. The van der Waals surface area contributed by atoms with Crippen molar-refractivity contribution >= 4 is 34.3 Å². The zero-order valence-electron chi connectivity index (χ0n) is 15.0. The van der Waals surface area contributed by atoms with Crippen molar-refractivity contribution in [1.29, 1.82) is 0 Å². The van der Waals surface area contributed by atoms with E-state index in [2.05, 4.69) is 0 Å². The molecule has 0 aromatic carbocycles. The Balaban J connectivity index is 4.03. The molecular formula is C16H30O6S2. The summed E-state index contributed by atoms with van der Waals surface area (Å²) in [6.07, 6.45) is 1.16. The highest BCUT2D eigenvalue weighted by Crippen LogP contribution is 2.27. The molecule has 0 fully saturated rings. The van der Waals surface area contributed by atoms with Gasteiger partial charge in [-0.05, 0) is 46.0 Å². The second-order valence-electron chi connectivity index (χ2n) is 7.67. The van der Waals surface area contributed by atoms with Gasteiger partial charge in [-0.25, -0.2) is 0 Å². The Morgan fingerprint density at radius 3 is 1.29 bits per heavy atom. The van der Waals surface area contributed by atoms with Gasteiger partial charge in [0, 0.05) is 0 Å². The fourth-order valence-corrected chi connectivity index (χ4v) is 5.62. The molecule has 2 N–H and O–H groups in total. The van der Waals surface area contributed by atoms with Crippen molar-refractivity contribution in [2.75, 3.05) is 23.0 Å².